The molecule has 2 unspecified atom stereocenters. The molecule has 52 heavy (non-hydrogen) atoms. The van der Waals surface area contributed by atoms with Crippen molar-refractivity contribution < 1.29 is 32.4 Å². The maximum absolute atomic E-state index is 14.5. The first kappa shape index (κ1) is 39.7. The average Bonchev–Trinajstić information content (AvgIpc) is 3.63. The Morgan fingerprint density at radius 3 is 2.15 bits per heavy atom. The quantitative estimate of drug-likeness (QED) is 0.223. The van der Waals surface area contributed by atoms with Gasteiger partial charge in [0, 0.05) is 25.7 Å². The maximum Gasteiger partial charge on any atom is 0.315 e. The zero-order chi connectivity index (χ0) is 38.0. The molecule has 2 heterocycles. The molecule has 5 rings (SSSR count). The van der Waals surface area contributed by atoms with E-state index < -0.39 is 69.1 Å². The number of likely N-dealkylation sites (tertiary alicyclic amines) is 1. The number of hydrogen-bond acceptors (Lipinski definition) is 7. The molecule has 5 atom stereocenters. The first-order valence-corrected chi connectivity index (χ1v) is 20.5. The number of benzene rings is 1. The van der Waals surface area contributed by atoms with Crippen LogP contribution >= 0.6 is 0 Å². The molecule has 1 aromatic carbocycles. The summed E-state index contributed by atoms with van der Waals surface area (Å²) in [7, 11) is -3.72. The van der Waals surface area contributed by atoms with E-state index in [1.807, 2.05) is 46.8 Å². The van der Waals surface area contributed by atoms with Crippen LogP contribution in [0.3, 0.4) is 0 Å². The second-order valence-corrected chi connectivity index (χ2v) is 18.7. The molecule has 4 aliphatic rings. The Balaban J connectivity index is 1.34. The van der Waals surface area contributed by atoms with Gasteiger partial charge in [0.1, 0.15) is 12.1 Å². The number of sulfonamides is 1. The van der Waals surface area contributed by atoms with Crippen molar-refractivity contribution in [2.75, 3.05) is 13.1 Å². The number of hydrogen-bond donors (Lipinski definition) is 4. The van der Waals surface area contributed by atoms with Crippen LogP contribution < -0.4 is 21.7 Å². The van der Waals surface area contributed by atoms with Crippen molar-refractivity contribution >= 4 is 39.6 Å². The lowest BCUT2D eigenvalue weighted by Crippen LogP contribution is -2.62. The molecule has 0 aromatic heterocycles. The molecule has 13 nitrogen and oxygen atoms in total. The molecule has 5 amide bonds. The van der Waals surface area contributed by atoms with Crippen LogP contribution in [0.1, 0.15) is 104 Å². The average molecular weight is 743 g/mol. The normalized spacial score (nSPS) is 24.0. The number of fused-ring (bicyclic) bond motifs is 1. The van der Waals surface area contributed by atoms with Crippen LogP contribution in [0.5, 0.6) is 0 Å². The second-order valence-electron chi connectivity index (χ2n) is 16.8. The third-order valence-electron chi connectivity index (χ3n) is 11.8. The number of carbonyl (C=O) groups is 5. The van der Waals surface area contributed by atoms with Crippen LogP contribution in [0.2, 0.25) is 0 Å². The SMILES string of the molecule is CC(C)C1CCN(C(=O)[C@@H](NC(=O)N[C@H](CN2Cc3ccccc3S2(=O)=O)C2CCCCC2)C(C)(C)C)[C@@H]1C(=O)NC(CC1CCC1)C(=O)C(N)=O. The summed E-state index contributed by atoms with van der Waals surface area (Å²) in [6, 6.07) is 2.88. The number of rotatable bonds is 13. The van der Waals surface area contributed by atoms with Crippen LogP contribution in [0.25, 0.3) is 0 Å². The van der Waals surface area contributed by atoms with E-state index >= 15 is 0 Å². The van der Waals surface area contributed by atoms with Crippen LogP contribution in [-0.4, -0.2) is 84.4 Å². The van der Waals surface area contributed by atoms with Crippen molar-refractivity contribution in [2.45, 2.75) is 134 Å². The summed E-state index contributed by atoms with van der Waals surface area (Å²) >= 11 is 0. The Kier molecular flexibility index (Phi) is 12.4. The van der Waals surface area contributed by atoms with Crippen molar-refractivity contribution in [3.05, 3.63) is 29.8 Å². The predicted molar refractivity (Wildman–Crippen MR) is 196 cm³/mol. The third kappa shape index (κ3) is 8.81. The van der Waals surface area contributed by atoms with Gasteiger partial charge in [-0.15, -0.1) is 0 Å². The molecule has 2 aliphatic heterocycles. The molecule has 0 radical (unpaired) electrons. The Morgan fingerprint density at radius 1 is 0.904 bits per heavy atom. The fourth-order valence-electron chi connectivity index (χ4n) is 8.51. The number of nitrogens with two attached hydrogens (primary N) is 1. The van der Waals surface area contributed by atoms with E-state index in [2.05, 4.69) is 16.0 Å². The Bertz CT molecular complexity index is 1620. The second kappa shape index (κ2) is 16.2. The van der Waals surface area contributed by atoms with E-state index in [1.54, 1.807) is 12.1 Å². The lowest BCUT2D eigenvalue weighted by molar-refractivity contribution is -0.144. The summed E-state index contributed by atoms with van der Waals surface area (Å²) < 4.78 is 28.4. The smallest absolute Gasteiger partial charge is 0.315 e. The molecule has 0 spiro atoms. The van der Waals surface area contributed by atoms with Crippen LogP contribution in [0.4, 0.5) is 4.79 Å². The number of Topliss-reactive ketones (excluding diaryl/α,β-unsaturated/α-hetero) is 1. The van der Waals surface area contributed by atoms with Gasteiger partial charge in [0.05, 0.1) is 10.9 Å². The van der Waals surface area contributed by atoms with Crippen molar-refractivity contribution in [1.29, 1.82) is 0 Å². The van der Waals surface area contributed by atoms with Crippen LogP contribution in [-0.2, 0) is 35.7 Å². The standard InChI is InChI=1S/C38H58N6O7S/c1-23(2)27-18-19-44(31(27)35(47)40-28(32(45)34(39)46)20-24-12-11-13-24)36(48)33(38(3,4)5)42-37(49)41-29(25-14-7-6-8-15-25)22-43-21-26-16-9-10-17-30(26)52(43,50)51/h9-10,16-17,23-25,27-29,31,33H,6-8,11-15,18-22H2,1-5H3,(H2,39,46)(H,40,47)(H2,41,42,49)/t27?,28?,29-,31+,33-/m1/s1. The Hall–Kier alpha value is -3.52. The van der Waals surface area contributed by atoms with E-state index in [0.29, 0.717) is 12.8 Å². The summed E-state index contributed by atoms with van der Waals surface area (Å²) in [5.41, 5.74) is 5.33. The molecule has 5 N–H and O–H groups in total. The van der Waals surface area contributed by atoms with Crippen LogP contribution in [0, 0.1) is 29.1 Å². The Morgan fingerprint density at radius 2 is 1.58 bits per heavy atom. The number of urea groups is 1. The lowest BCUT2D eigenvalue weighted by Gasteiger charge is -2.38. The minimum atomic E-state index is -3.72. The van der Waals surface area contributed by atoms with E-state index in [-0.39, 0.29) is 48.2 Å². The van der Waals surface area contributed by atoms with Gasteiger partial charge in [-0.25, -0.2) is 13.2 Å². The summed E-state index contributed by atoms with van der Waals surface area (Å²) in [6.45, 7) is 10.1. The van der Waals surface area contributed by atoms with E-state index in [1.165, 1.54) is 9.21 Å². The summed E-state index contributed by atoms with van der Waals surface area (Å²) in [5, 5.41) is 8.81. The minimum Gasteiger partial charge on any atom is -0.363 e. The van der Waals surface area contributed by atoms with Gasteiger partial charge in [0.25, 0.3) is 5.91 Å². The highest BCUT2D eigenvalue weighted by atomic mass is 32.2. The fourth-order valence-corrected chi connectivity index (χ4v) is 10.2. The molecule has 2 aliphatic carbocycles. The number of nitrogens with zero attached hydrogens (tertiary/aromatic N) is 2. The molecule has 14 heteroatoms. The highest BCUT2D eigenvalue weighted by Gasteiger charge is 2.48. The van der Waals surface area contributed by atoms with Gasteiger partial charge < -0.3 is 26.6 Å². The van der Waals surface area contributed by atoms with Gasteiger partial charge in [-0.05, 0) is 66.4 Å². The number of ketones is 1. The molecule has 1 aromatic rings. The van der Waals surface area contributed by atoms with Gasteiger partial charge in [0.2, 0.25) is 27.6 Å². The fraction of sp³-hybridized carbons (Fsp3) is 0.711. The van der Waals surface area contributed by atoms with Crippen molar-refractivity contribution in [1.82, 2.24) is 25.2 Å². The van der Waals surface area contributed by atoms with Gasteiger partial charge >= 0.3 is 6.03 Å². The largest absolute Gasteiger partial charge is 0.363 e. The van der Waals surface area contributed by atoms with Crippen LogP contribution in [0.15, 0.2) is 29.2 Å². The summed E-state index contributed by atoms with van der Waals surface area (Å²) in [5.74, 6) is -2.79. The molecular formula is C38H58N6O7S. The zero-order valence-corrected chi connectivity index (χ0v) is 32.2. The molecular weight excluding hydrogens is 685 g/mol. The van der Waals surface area contributed by atoms with E-state index in [0.717, 1.165) is 56.9 Å². The zero-order valence-electron chi connectivity index (χ0n) is 31.4. The summed E-state index contributed by atoms with van der Waals surface area (Å²) in [6.07, 6.45) is 8.49. The van der Waals surface area contributed by atoms with Gasteiger partial charge in [-0.3, -0.25) is 19.2 Å². The van der Waals surface area contributed by atoms with Crippen molar-refractivity contribution in [3.63, 3.8) is 0 Å². The monoisotopic (exact) mass is 742 g/mol. The molecule has 2 saturated carbocycles. The summed E-state index contributed by atoms with van der Waals surface area (Å²) in [4.78, 5) is 69.0. The minimum absolute atomic E-state index is 0.0269. The van der Waals surface area contributed by atoms with E-state index in [9.17, 15) is 32.4 Å². The highest BCUT2D eigenvalue weighted by molar-refractivity contribution is 7.89. The predicted octanol–water partition coefficient (Wildman–Crippen LogP) is 3.46. The maximum atomic E-state index is 14.5. The van der Waals surface area contributed by atoms with Gasteiger partial charge in [-0.2, -0.15) is 4.31 Å². The van der Waals surface area contributed by atoms with Crippen molar-refractivity contribution in [2.24, 2.45) is 34.8 Å². The van der Waals surface area contributed by atoms with Gasteiger partial charge in [0.15, 0.2) is 0 Å². The molecule has 288 valence electrons. The molecule has 1 saturated heterocycles. The topological polar surface area (TPSA) is 188 Å². The highest BCUT2D eigenvalue weighted by Crippen LogP contribution is 2.36. The molecule has 0 bridgehead atoms. The Labute approximate surface area is 308 Å². The van der Waals surface area contributed by atoms with E-state index in [4.69, 9.17) is 5.73 Å². The third-order valence-corrected chi connectivity index (χ3v) is 13.7. The number of primary amides is 1. The number of amides is 5. The van der Waals surface area contributed by atoms with Crippen molar-refractivity contribution in [3.8, 4) is 0 Å². The lowest BCUT2D eigenvalue weighted by atomic mass is 9.80. The van der Waals surface area contributed by atoms with Gasteiger partial charge in [-0.1, -0.05) is 91.3 Å². The first-order chi connectivity index (χ1) is 24.5. The first-order valence-electron chi connectivity index (χ1n) is 19.1. The molecule has 3 fully saturated rings. The number of nitrogens with one attached hydrogen (secondary N) is 3. The number of carbonyl (C=O) groups excluding carboxylic acids is 5.